The van der Waals surface area contributed by atoms with Crippen molar-refractivity contribution in [3.8, 4) is 0 Å². The summed E-state index contributed by atoms with van der Waals surface area (Å²) in [6.07, 6.45) is 2.40. The third kappa shape index (κ3) is 5.57. The first kappa shape index (κ1) is 16.4. The van der Waals surface area contributed by atoms with E-state index < -0.39 is 0 Å². The fourth-order valence-corrected chi connectivity index (χ4v) is 2.03. The Bertz CT molecular complexity index is 434. The summed E-state index contributed by atoms with van der Waals surface area (Å²) < 4.78 is 5.93. The Morgan fingerprint density at radius 3 is 2.45 bits per heavy atom. The van der Waals surface area contributed by atoms with Crippen molar-refractivity contribution in [1.82, 2.24) is 5.32 Å². The second-order valence-corrected chi connectivity index (χ2v) is 5.91. The Labute approximate surface area is 122 Å². The number of nitrogens with one attached hydrogen (secondary N) is 1. The van der Waals surface area contributed by atoms with Gasteiger partial charge in [0.15, 0.2) is 0 Å². The Morgan fingerprint density at radius 1 is 1.35 bits per heavy atom. The molecule has 0 aromatic heterocycles. The van der Waals surface area contributed by atoms with Crippen LogP contribution in [0.3, 0.4) is 0 Å². The van der Waals surface area contributed by atoms with Gasteiger partial charge in [0.05, 0.1) is 17.7 Å². The summed E-state index contributed by atoms with van der Waals surface area (Å²) >= 11 is 0. The number of benzene rings is 1. The van der Waals surface area contributed by atoms with Crippen LogP contribution in [-0.4, -0.2) is 23.7 Å². The molecule has 0 aliphatic carbocycles. The first-order valence-corrected chi connectivity index (χ1v) is 6.98. The van der Waals surface area contributed by atoms with Gasteiger partial charge in [0, 0.05) is 5.56 Å². The van der Waals surface area contributed by atoms with Crippen molar-refractivity contribution in [3.05, 3.63) is 48.6 Å². The Kier molecular flexibility index (Phi) is 5.96. The maximum absolute atomic E-state index is 12.2. The average Bonchev–Trinajstić information content (AvgIpc) is 2.37. The molecule has 110 valence electrons. The molecule has 0 aliphatic heterocycles. The van der Waals surface area contributed by atoms with E-state index in [2.05, 4.69) is 11.9 Å². The van der Waals surface area contributed by atoms with Crippen molar-refractivity contribution in [2.45, 2.75) is 51.9 Å². The monoisotopic (exact) mass is 275 g/mol. The quantitative estimate of drug-likeness (QED) is 0.806. The van der Waals surface area contributed by atoms with Gasteiger partial charge in [-0.25, -0.2) is 0 Å². The molecule has 0 radical (unpaired) electrons. The molecule has 0 bridgehead atoms. The molecule has 2 atom stereocenters. The summed E-state index contributed by atoms with van der Waals surface area (Å²) in [5.41, 5.74) is 0.417. The van der Waals surface area contributed by atoms with E-state index in [1.54, 1.807) is 18.2 Å². The zero-order chi connectivity index (χ0) is 15.2. The number of rotatable bonds is 6. The van der Waals surface area contributed by atoms with E-state index in [0.29, 0.717) is 12.0 Å². The lowest BCUT2D eigenvalue weighted by atomic mass is 10.1. The van der Waals surface area contributed by atoms with Gasteiger partial charge in [-0.15, -0.1) is 6.58 Å². The van der Waals surface area contributed by atoms with E-state index in [1.807, 2.05) is 45.9 Å². The summed E-state index contributed by atoms with van der Waals surface area (Å²) in [4.78, 5) is 12.2. The van der Waals surface area contributed by atoms with Crippen LogP contribution >= 0.6 is 0 Å². The number of hydrogen-bond acceptors (Lipinski definition) is 2. The van der Waals surface area contributed by atoms with Crippen molar-refractivity contribution >= 4 is 5.91 Å². The van der Waals surface area contributed by atoms with Gasteiger partial charge >= 0.3 is 0 Å². The van der Waals surface area contributed by atoms with Crippen LogP contribution in [0, 0.1) is 0 Å². The Hall–Kier alpha value is -1.61. The summed E-state index contributed by atoms with van der Waals surface area (Å²) in [7, 11) is 0. The minimum atomic E-state index is -0.240. The maximum Gasteiger partial charge on any atom is 0.251 e. The Morgan fingerprint density at radius 2 is 1.95 bits per heavy atom. The minimum Gasteiger partial charge on any atom is -0.371 e. The lowest BCUT2D eigenvalue weighted by molar-refractivity contribution is -0.0647. The maximum atomic E-state index is 12.2. The highest BCUT2D eigenvalue weighted by Crippen LogP contribution is 2.15. The number of amides is 1. The van der Waals surface area contributed by atoms with Crippen molar-refractivity contribution in [2.24, 2.45) is 0 Å². The van der Waals surface area contributed by atoms with Crippen LogP contribution in [0.2, 0.25) is 0 Å². The van der Waals surface area contributed by atoms with Gasteiger partial charge in [-0.2, -0.15) is 0 Å². The number of hydrogen-bond donors (Lipinski definition) is 1. The van der Waals surface area contributed by atoms with E-state index in [9.17, 15) is 4.79 Å². The highest BCUT2D eigenvalue weighted by Gasteiger charge is 2.24. The molecular weight excluding hydrogens is 250 g/mol. The van der Waals surface area contributed by atoms with Crippen LogP contribution in [0.4, 0.5) is 0 Å². The van der Waals surface area contributed by atoms with Gasteiger partial charge in [-0.3, -0.25) is 4.79 Å². The Balaban J connectivity index is 2.72. The SMILES string of the molecule is C=CC[C@H](NC(=O)c1ccccc1)[C@H](C)OC(C)(C)C. The summed E-state index contributed by atoms with van der Waals surface area (Å²) in [6, 6.07) is 9.12. The number of ether oxygens (including phenoxy) is 1. The van der Waals surface area contributed by atoms with Crippen molar-refractivity contribution in [2.75, 3.05) is 0 Å². The van der Waals surface area contributed by atoms with Crippen LogP contribution in [0.15, 0.2) is 43.0 Å². The zero-order valence-corrected chi connectivity index (χ0v) is 12.8. The van der Waals surface area contributed by atoms with Gasteiger partial charge < -0.3 is 10.1 Å². The molecule has 20 heavy (non-hydrogen) atoms. The summed E-state index contributed by atoms with van der Waals surface area (Å²) in [6.45, 7) is 11.8. The molecule has 0 spiro atoms. The normalized spacial score (nSPS) is 14.4. The predicted octanol–water partition coefficient (Wildman–Crippen LogP) is 3.56. The molecule has 1 rings (SSSR count). The third-order valence-corrected chi connectivity index (χ3v) is 2.88. The summed E-state index contributed by atoms with van der Waals surface area (Å²) in [5, 5.41) is 3.02. The first-order chi connectivity index (χ1) is 9.33. The molecule has 3 heteroatoms. The van der Waals surface area contributed by atoms with E-state index in [0.717, 1.165) is 0 Å². The number of carbonyl (C=O) groups is 1. The van der Waals surface area contributed by atoms with E-state index in [1.165, 1.54) is 0 Å². The second kappa shape index (κ2) is 7.25. The lowest BCUT2D eigenvalue weighted by Gasteiger charge is -2.31. The summed E-state index contributed by atoms with van der Waals surface area (Å²) in [5.74, 6) is -0.0817. The van der Waals surface area contributed by atoms with Gasteiger partial charge in [-0.1, -0.05) is 24.3 Å². The van der Waals surface area contributed by atoms with E-state index in [-0.39, 0.29) is 23.7 Å². The molecule has 3 nitrogen and oxygen atoms in total. The van der Waals surface area contributed by atoms with Gasteiger partial charge in [0.25, 0.3) is 5.91 Å². The van der Waals surface area contributed by atoms with Gasteiger partial charge in [-0.05, 0) is 46.2 Å². The predicted molar refractivity (Wildman–Crippen MR) is 82.8 cm³/mol. The van der Waals surface area contributed by atoms with Crippen molar-refractivity contribution in [3.63, 3.8) is 0 Å². The van der Waals surface area contributed by atoms with Crippen molar-refractivity contribution in [1.29, 1.82) is 0 Å². The highest BCUT2D eigenvalue weighted by atomic mass is 16.5. The molecule has 0 saturated heterocycles. The number of carbonyl (C=O) groups excluding carboxylic acids is 1. The van der Waals surface area contributed by atoms with E-state index in [4.69, 9.17) is 4.74 Å². The second-order valence-electron chi connectivity index (χ2n) is 5.91. The fourth-order valence-electron chi connectivity index (χ4n) is 2.03. The molecule has 1 amide bonds. The largest absolute Gasteiger partial charge is 0.371 e. The molecule has 0 heterocycles. The van der Waals surface area contributed by atoms with Crippen LogP contribution < -0.4 is 5.32 Å². The molecule has 0 fully saturated rings. The molecule has 0 saturated carbocycles. The molecule has 0 aliphatic rings. The smallest absolute Gasteiger partial charge is 0.251 e. The molecular formula is C17H25NO2. The van der Waals surface area contributed by atoms with Crippen LogP contribution in [-0.2, 0) is 4.74 Å². The fraction of sp³-hybridized carbons (Fsp3) is 0.471. The first-order valence-electron chi connectivity index (χ1n) is 6.98. The lowest BCUT2D eigenvalue weighted by Crippen LogP contribution is -2.45. The topological polar surface area (TPSA) is 38.3 Å². The zero-order valence-electron chi connectivity index (χ0n) is 12.8. The molecule has 0 unspecified atom stereocenters. The van der Waals surface area contributed by atoms with Crippen LogP contribution in [0.1, 0.15) is 44.5 Å². The average molecular weight is 275 g/mol. The van der Waals surface area contributed by atoms with Gasteiger partial charge in [0.2, 0.25) is 0 Å². The molecule has 1 aromatic carbocycles. The van der Waals surface area contributed by atoms with Crippen molar-refractivity contribution < 1.29 is 9.53 Å². The van der Waals surface area contributed by atoms with Gasteiger partial charge in [0.1, 0.15) is 0 Å². The molecule has 1 N–H and O–H groups in total. The van der Waals surface area contributed by atoms with Crippen LogP contribution in [0.5, 0.6) is 0 Å². The minimum absolute atomic E-state index is 0.0817. The van der Waals surface area contributed by atoms with E-state index >= 15 is 0 Å². The molecule has 1 aromatic rings. The van der Waals surface area contributed by atoms with Crippen LogP contribution in [0.25, 0.3) is 0 Å². The highest BCUT2D eigenvalue weighted by molar-refractivity contribution is 5.94. The standard InChI is InChI=1S/C17H25NO2/c1-6-10-15(13(2)20-17(3,4)5)18-16(19)14-11-8-7-9-12-14/h6-9,11-13,15H,1,10H2,2-5H3,(H,18,19)/t13-,15-/m0/s1. The third-order valence-electron chi connectivity index (χ3n) is 2.88.